The van der Waals surface area contributed by atoms with Gasteiger partial charge in [-0.25, -0.2) is 0 Å². The average molecular weight is 403 g/mol. The molecule has 0 spiro atoms. The number of hydrogen-bond donors (Lipinski definition) is 2. The molecular weight excluding hydrogens is 378 g/mol. The number of nitrogens with one attached hydrogen (secondary N) is 2. The van der Waals surface area contributed by atoms with Crippen LogP contribution in [0.5, 0.6) is 0 Å². The molecule has 0 aliphatic carbocycles. The Morgan fingerprint density at radius 3 is 2.57 bits per heavy atom. The van der Waals surface area contributed by atoms with Gasteiger partial charge < -0.3 is 10.2 Å². The fourth-order valence-electron chi connectivity index (χ4n) is 5.01. The van der Waals surface area contributed by atoms with Gasteiger partial charge in [0, 0.05) is 24.6 Å². The van der Waals surface area contributed by atoms with Crippen molar-refractivity contribution in [2.45, 2.75) is 50.2 Å². The second-order valence-corrected chi connectivity index (χ2v) is 8.46. The number of benzene rings is 2. The van der Waals surface area contributed by atoms with Gasteiger partial charge in [0.15, 0.2) is 0 Å². The highest BCUT2D eigenvalue weighted by atomic mass is 16.2. The lowest BCUT2D eigenvalue weighted by Crippen LogP contribution is -2.52. The first-order valence-electron chi connectivity index (χ1n) is 10.7. The molecule has 3 atom stereocenters. The molecule has 3 aliphatic heterocycles. The van der Waals surface area contributed by atoms with E-state index in [4.69, 9.17) is 0 Å². The van der Waals surface area contributed by atoms with E-state index < -0.39 is 6.04 Å². The molecule has 2 N–H and O–H groups in total. The Hall–Kier alpha value is -2.99. The normalized spacial score (nSPS) is 26.5. The van der Waals surface area contributed by atoms with Crippen LogP contribution in [0.25, 0.3) is 0 Å². The topological polar surface area (TPSA) is 78.5 Å². The van der Waals surface area contributed by atoms with Gasteiger partial charge in [0.25, 0.3) is 5.91 Å². The van der Waals surface area contributed by atoms with Gasteiger partial charge in [-0.3, -0.25) is 19.7 Å². The van der Waals surface area contributed by atoms with Gasteiger partial charge in [-0.05, 0) is 54.5 Å². The zero-order valence-corrected chi connectivity index (χ0v) is 16.8. The van der Waals surface area contributed by atoms with Gasteiger partial charge in [-0.1, -0.05) is 42.5 Å². The Morgan fingerprint density at radius 1 is 0.933 bits per heavy atom. The summed E-state index contributed by atoms with van der Waals surface area (Å²) in [6.45, 7) is 1.39. The van der Waals surface area contributed by atoms with E-state index in [1.54, 1.807) is 4.90 Å². The van der Waals surface area contributed by atoms with Crippen molar-refractivity contribution < 1.29 is 14.4 Å². The SMILES string of the molecule is O=C1CCC(N2Cc3cc([C@@H]4CCN[C@H](c5ccccc5)C4)ccc3C2=O)C(=O)N1. The highest BCUT2D eigenvalue weighted by molar-refractivity contribution is 6.05. The van der Waals surface area contributed by atoms with Crippen LogP contribution >= 0.6 is 0 Å². The summed E-state index contributed by atoms with van der Waals surface area (Å²) in [6.07, 6.45) is 2.75. The summed E-state index contributed by atoms with van der Waals surface area (Å²) in [4.78, 5) is 38.2. The molecule has 0 aromatic heterocycles. The molecule has 3 heterocycles. The summed E-state index contributed by atoms with van der Waals surface area (Å²) in [5, 5.41) is 5.98. The predicted octanol–water partition coefficient (Wildman–Crippen LogP) is 2.66. The van der Waals surface area contributed by atoms with E-state index >= 15 is 0 Å². The zero-order valence-electron chi connectivity index (χ0n) is 16.8. The quantitative estimate of drug-likeness (QED) is 0.773. The van der Waals surface area contributed by atoms with Crippen LogP contribution in [0.2, 0.25) is 0 Å². The summed E-state index contributed by atoms with van der Waals surface area (Å²) < 4.78 is 0. The first-order chi connectivity index (χ1) is 14.6. The van der Waals surface area contributed by atoms with Crippen molar-refractivity contribution in [2.24, 2.45) is 0 Å². The molecule has 1 unspecified atom stereocenters. The molecule has 2 saturated heterocycles. The van der Waals surface area contributed by atoms with Crippen LogP contribution in [-0.4, -0.2) is 35.2 Å². The fraction of sp³-hybridized carbons (Fsp3) is 0.375. The molecule has 5 rings (SSSR count). The molecule has 6 nitrogen and oxygen atoms in total. The Bertz CT molecular complexity index is 1000. The van der Waals surface area contributed by atoms with Crippen LogP contribution in [0.15, 0.2) is 48.5 Å². The number of carbonyl (C=O) groups is 3. The number of piperidine rings is 2. The van der Waals surface area contributed by atoms with Gasteiger partial charge in [0.05, 0.1) is 0 Å². The number of nitrogens with zero attached hydrogens (tertiary/aromatic N) is 1. The number of fused-ring (bicyclic) bond motifs is 1. The maximum Gasteiger partial charge on any atom is 0.255 e. The molecule has 3 amide bonds. The Balaban J connectivity index is 1.34. The van der Waals surface area contributed by atoms with Crippen LogP contribution in [-0.2, 0) is 16.1 Å². The van der Waals surface area contributed by atoms with Gasteiger partial charge in [0.2, 0.25) is 11.8 Å². The van der Waals surface area contributed by atoms with Gasteiger partial charge in [-0.2, -0.15) is 0 Å². The van der Waals surface area contributed by atoms with E-state index in [-0.39, 0.29) is 24.1 Å². The zero-order chi connectivity index (χ0) is 20.7. The molecule has 0 bridgehead atoms. The first-order valence-corrected chi connectivity index (χ1v) is 10.7. The lowest BCUT2D eigenvalue weighted by Gasteiger charge is -2.31. The van der Waals surface area contributed by atoms with E-state index in [0.29, 0.717) is 30.5 Å². The average Bonchev–Trinajstić information content (AvgIpc) is 3.10. The minimum atomic E-state index is -0.563. The minimum Gasteiger partial charge on any atom is -0.322 e. The van der Waals surface area contributed by atoms with E-state index in [2.05, 4.69) is 47.0 Å². The van der Waals surface area contributed by atoms with E-state index in [0.717, 1.165) is 24.9 Å². The first kappa shape index (κ1) is 19.0. The summed E-state index contributed by atoms with van der Waals surface area (Å²) in [5.41, 5.74) is 4.23. The van der Waals surface area contributed by atoms with Crippen molar-refractivity contribution in [3.63, 3.8) is 0 Å². The van der Waals surface area contributed by atoms with Crippen molar-refractivity contribution in [3.8, 4) is 0 Å². The van der Waals surface area contributed by atoms with Crippen molar-refractivity contribution in [1.29, 1.82) is 0 Å². The van der Waals surface area contributed by atoms with Crippen LogP contribution < -0.4 is 10.6 Å². The van der Waals surface area contributed by atoms with E-state index in [1.807, 2.05) is 12.1 Å². The maximum absolute atomic E-state index is 12.9. The smallest absolute Gasteiger partial charge is 0.255 e. The predicted molar refractivity (Wildman–Crippen MR) is 112 cm³/mol. The molecule has 3 aliphatic rings. The van der Waals surface area contributed by atoms with E-state index in [9.17, 15) is 14.4 Å². The minimum absolute atomic E-state index is 0.112. The van der Waals surface area contributed by atoms with Crippen molar-refractivity contribution >= 4 is 17.7 Å². The molecule has 30 heavy (non-hydrogen) atoms. The number of amides is 3. The third-order valence-electron chi connectivity index (χ3n) is 6.62. The second kappa shape index (κ2) is 7.69. The molecule has 2 aromatic rings. The molecule has 0 radical (unpaired) electrons. The summed E-state index contributed by atoms with van der Waals surface area (Å²) in [5.74, 6) is -0.307. The van der Waals surface area contributed by atoms with Crippen molar-refractivity contribution in [2.75, 3.05) is 6.54 Å². The molecular formula is C24H25N3O3. The number of rotatable bonds is 3. The fourth-order valence-corrected chi connectivity index (χ4v) is 5.01. The lowest BCUT2D eigenvalue weighted by atomic mass is 9.83. The number of imide groups is 1. The number of carbonyl (C=O) groups excluding carboxylic acids is 3. The van der Waals surface area contributed by atoms with Crippen LogP contribution in [0.3, 0.4) is 0 Å². The van der Waals surface area contributed by atoms with Crippen molar-refractivity contribution in [3.05, 3.63) is 70.8 Å². The van der Waals surface area contributed by atoms with Crippen LogP contribution in [0, 0.1) is 0 Å². The molecule has 2 aromatic carbocycles. The maximum atomic E-state index is 12.9. The third kappa shape index (κ3) is 3.41. The summed E-state index contributed by atoms with van der Waals surface area (Å²) in [6, 6.07) is 16.4. The summed E-state index contributed by atoms with van der Waals surface area (Å²) in [7, 11) is 0. The van der Waals surface area contributed by atoms with Crippen LogP contribution in [0.4, 0.5) is 0 Å². The highest BCUT2D eigenvalue weighted by Crippen LogP contribution is 2.36. The molecule has 6 heteroatoms. The Labute approximate surface area is 175 Å². The van der Waals surface area contributed by atoms with Gasteiger partial charge >= 0.3 is 0 Å². The van der Waals surface area contributed by atoms with Gasteiger partial charge in [-0.15, -0.1) is 0 Å². The van der Waals surface area contributed by atoms with Crippen LogP contribution in [0.1, 0.15) is 64.7 Å². The third-order valence-corrected chi connectivity index (χ3v) is 6.62. The number of hydrogen-bond acceptors (Lipinski definition) is 4. The largest absolute Gasteiger partial charge is 0.322 e. The lowest BCUT2D eigenvalue weighted by molar-refractivity contribution is -0.136. The van der Waals surface area contributed by atoms with Crippen molar-refractivity contribution in [1.82, 2.24) is 15.5 Å². The highest BCUT2D eigenvalue weighted by Gasteiger charge is 2.39. The van der Waals surface area contributed by atoms with Gasteiger partial charge in [0.1, 0.15) is 6.04 Å². The molecule has 154 valence electrons. The van der Waals surface area contributed by atoms with E-state index in [1.165, 1.54) is 11.1 Å². The Morgan fingerprint density at radius 2 is 1.77 bits per heavy atom. The Kier molecular flexibility index (Phi) is 4.87. The molecule has 2 fully saturated rings. The second-order valence-electron chi connectivity index (χ2n) is 8.46. The summed E-state index contributed by atoms with van der Waals surface area (Å²) >= 11 is 0. The standard InChI is InChI=1S/C24H25N3O3/c28-22-9-8-21(23(29)26-22)27-14-18-12-16(6-7-19(18)24(27)30)17-10-11-25-20(13-17)15-4-2-1-3-5-15/h1-7,12,17,20-21,25H,8-11,13-14H2,(H,26,28,29)/t17-,20+,21?/m1/s1. The molecule has 0 saturated carbocycles. The monoisotopic (exact) mass is 403 g/mol.